The highest BCUT2D eigenvalue weighted by atomic mass is 19.4. The number of aliphatic hydroxyl groups excluding tert-OH is 1. The Labute approximate surface area is 212 Å². The molecular formula is C29H39F3O4. The van der Waals surface area contributed by atoms with E-state index in [1.165, 1.54) is 12.1 Å². The summed E-state index contributed by atoms with van der Waals surface area (Å²) in [7, 11) is 0. The average molecular weight is 509 g/mol. The van der Waals surface area contributed by atoms with Gasteiger partial charge in [-0.25, -0.2) is 0 Å². The van der Waals surface area contributed by atoms with Gasteiger partial charge in [-0.1, -0.05) is 44.2 Å². The van der Waals surface area contributed by atoms with Crippen LogP contribution in [-0.2, 0) is 15.7 Å². The fourth-order valence-electron chi connectivity index (χ4n) is 5.86. The Kier molecular flexibility index (Phi) is 9.31. The number of ether oxygens (including phenoxy) is 2. The molecule has 0 saturated heterocycles. The van der Waals surface area contributed by atoms with Crippen molar-refractivity contribution in [2.24, 2.45) is 29.1 Å². The zero-order chi connectivity index (χ0) is 26.5. The molecule has 200 valence electrons. The van der Waals surface area contributed by atoms with Gasteiger partial charge >= 0.3 is 12.1 Å². The third-order valence-electron chi connectivity index (χ3n) is 7.59. The summed E-state index contributed by atoms with van der Waals surface area (Å²) in [4.78, 5) is 11.7. The number of carbonyl (C=O) groups excluding carboxylic acids is 1. The Morgan fingerprint density at radius 1 is 1.25 bits per heavy atom. The van der Waals surface area contributed by atoms with E-state index >= 15 is 0 Å². The largest absolute Gasteiger partial charge is 0.491 e. The molecule has 2 fully saturated rings. The van der Waals surface area contributed by atoms with E-state index in [0.717, 1.165) is 37.8 Å². The van der Waals surface area contributed by atoms with Gasteiger partial charge in [0.15, 0.2) is 0 Å². The number of hydrogen-bond acceptors (Lipinski definition) is 4. The molecule has 0 aromatic heterocycles. The van der Waals surface area contributed by atoms with Crippen LogP contribution in [0.2, 0.25) is 0 Å². The number of hydrogen-bond donors (Lipinski definition) is 1. The van der Waals surface area contributed by atoms with Crippen molar-refractivity contribution in [1.29, 1.82) is 0 Å². The molecule has 1 spiro atoms. The van der Waals surface area contributed by atoms with E-state index in [1.54, 1.807) is 6.08 Å². The molecule has 2 aliphatic carbocycles. The molecule has 0 heterocycles. The highest BCUT2D eigenvalue weighted by Gasteiger charge is 2.64. The van der Waals surface area contributed by atoms with Crippen molar-refractivity contribution in [3.63, 3.8) is 0 Å². The number of alkyl halides is 3. The minimum Gasteiger partial charge on any atom is -0.491 e. The lowest BCUT2D eigenvalue weighted by atomic mass is 9.82. The van der Waals surface area contributed by atoms with Gasteiger partial charge in [-0.15, -0.1) is 0 Å². The molecule has 0 amide bonds. The van der Waals surface area contributed by atoms with Gasteiger partial charge in [-0.05, 0) is 86.8 Å². The minimum absolute atomic E-state index is 0.0825. The first-order valence-electron chi connectivity index (χ1n) is 13.0. The Morgan fingerprint density at radius 3 is 2.69 bits per heavy atom. The third-order valence-corrected chi connectivity index (χ3v) is 7.59. The smallest absolute Gasteiger partial charge is 0.416 e. The van der Waals surface area contributed by atoms with Gasteiger partial charge in [0, 0.05) is 6.42 Å². The molecule has 0 aliphatic heterocycles. The highest BCUT2D eigenvalue weighted by Crippen LogP contribution is 2.70. The Balaban J connectivity index is 1.51. The van der Waals surface area contributed by atoms with Crippen LogP contribution in [0.1, 0.15) is 65.4 Å². The number of halogens is 3. The van der Waals surface area contributed by atoms with E-state index in [9.17, 15) is 23.1 Å². The minimum atomic E-state index is -4.43. The summed E-state index contributed by atoms with van der Waals surface area (Å²) >= 11 is 0. The van der Waals surface area contributed by atoms with Crippen molar-refractivity contribution < 1.29 is 32.5 Å². The summed E-state index contributed by atoms with van der Waals surface area (Å²) in [6.07, 6.45) is 7.13. The molecule has 0 bridgehead atoms. The van der Waals surface area contributed by atoms with Crippen LogP contribution in [0.3, 0.4) is 0 Å². The number of unbranched alkanes of at least 4 members (excludes halogenated alkanes) is 1. The molecule has 1 aromatic rings. The second kappa shape index (κ2) is 11.8. The summed E-state index contributed by atoms with van der Waals surface area (Å²) < 4.78 is 49.3. The number of esters is 1. The van der Waals surface area contributed by atoms with Crippen LogP contribution in [0.15, 0.2) is 48.6 Å². The Hall–Kier alpha value is -2.28. The molecule has 2 saturated carbocycles. The maximum Gasteiger partial charge on any atom is 0.416 e. The zero-order valence-corrected chi connectivity index (χ0v) is 21.6. The van der Waals surface area contributed by atoms with Gasteiger partial charge in [0.05, 0.1) is 11.7 Å². The van der Waals surface area contributed by atoms with Gasteiger partial charge in [-0.2, -0.15) is 13.2 Å². The molecule has 4 nitrogen and oxygen atoms in total. The second-order valence-electron chi connectivity index (χ2n) is 10.7. The maximum absolute atomic E-state index is 12.9. The monoisotopic (exact) mass is 508 g/mol. The van der Waals surface area contributed by atoms with Crippen LogP contribution in [0.4, 0.5) is 13.2 Å². The summed E-state index contributed by atoms with van der Waals surface area (Å²) in [6, 6.07) is 4.69. The normalized spacial score (nSPS) is 28.9. The predicted molar refractivity (Wildman–Crippen MR) is 133 cm³/mol. The van der Waals surface area contributed by atoms with E-state index in [-0.39, 0.29) is 29.8 Å². The van der Waals surface area contributed by atoms with Gasteiger partial charge in [0.25, 0.3) is 0 Å². The van der Waals surface area contributed by atoms with Crippen molar-refractivity contribution in [2.45, 2.75) is 78.2 Å². The summed E-state index contributed by atoms with van der Waals surface area (Å²) in [5, 5.41) is 10.4. The molecular weight excluding hydrogens is 469 g/mol. The Morgan fingerprint density at radius 2 is 2.00 bits per heavy atom. The van der Waals surface area contributed by atoms with Gasteiger partial charge in [-0.3, -0.25) is 4.79 Å². The first kappa shape index (κ1) is 28.3. The van der Waals surface area contributed by atoms with Crippen LogP contribution in [0, 0.1) is 29.1 Å². The van der Waals surface area contributed by atoms with Crippen LogP contribution >= 0.6 is 0 Å². The molecule has 7 heteroatoms. The van der Waals surface area contributed by atoms with E-state index in [0.29, 0.717) is 30.1 Å². The van der Waals surface area contributed by atoms with Crippen molar-refractivity contribution in [2.75, 3.05) is 6.61 Å². The SMILES string of the molecule is CC(C)OC(=O)CCC/C=C\[C@@H]1CC12[C@@H](C)C[C@@H](C)[C@@H]2/C=C/[C@@H](O)COc1cccc(C(F)(F)F)c1. The molecule has 2 aliphatic rings. The van der Waals surface area contributed by atoms with Crippen LogP contribution < -0.4 is 4.74 Å². The average Bonchev–Trinajstić information content (AvgIpc) is 3.45. The van der Waals surface area contributed by atoms with Crippen LogP contribution in [0.5, 0.6) is 5.75 Å². The summed E-state index contributed by atoms with van der Waals surface area (Å²) in [5.41, 5.74) is -0.589. The van der Waals surface area contributed by atoms with E-state index < -0.39 is 17.8 Å². The van der Waals surface area contributed by atoms with Gasteiger partial charge < -0.3 is 14.6 Å². The maximum atomic E-state index is 12.9. The molecule has 3 rings (SSSR count). The van der Waals surface area contributed by atoms with Crippen molar-refractivity contribution in [3.05, 3.63) is 54.1 Å². The number of carbonyl (C=O) groups is 1. The summed E-state index contributed by atoms with van der Waals surface area (Å²) in [6.45, 7) is 8.13. The fraction of sp³-hybridized carbons (Fsp3) is 0.621. The van der Waals surface area contributed by atoms with Gasteiger partial charge in [0.1, 0.15) is 18.5 Å². The standard InChI is InChI=1S/C29H39F3O4/c1-19(2)36-27(34)12-7-5-6-9-23-17-28(23)21(4)15-20(3)26(28)14-13-24(33)18-35-25-11-8-10-22(16-25)29(30,31)32/h6,8-11,13-14,16,19-21,23-24,26,33H,5,7,12,15,17-18H2,1-4H3/b9-6-,14-13+/t20-,21+,23-,24-,26+,28?/m1/s1. The van der Waals surface area contributed by atoms with Gasteiger partial charge in [0.2, 0.25) is 0 Å². The van der Waals surface area contributed by atoms with Crippen LogP contribution in [-0.4, -0.2) is 29.9 Å². The predicted octanol–water partition coefficient (Wildman–Crippen LogP) is 6.98. The number of benzene rings is 1. The van der Waals surface area contributed by atoms with Crippen molar-refractivity contribution >= 4 is 5.97 Å². The molecule has 1 N–H and O–H groups in total. The highest BCUT2D eigenvalue weighted by molar-refractivity contribution is 5.69. The first-order chi connectivity index (χ1) is 16.9. The molecule has 36 heavy (non-hydrogen) atoms. The van der Waals surface area contributed by atoms with Crippen molar-refractivity contribution in [3.8, 4) is 5.75 Å². The number of aliphatic hydroxyl groups is 1. The summed E-state index contributed by atoms with van der Waals surface area (Å²) in [5.74, 6) is 1.79. The number of allylic oxidation sites excluding steroid dienone is 3. The fourth-order valence-corrected chi connectivity index (χ4v) is 5.86. The zero-order valence-electron chi connectivity index (χ0n) is 21.6. The first-order valence-corrected chi connectivity index (χ1v) is 13.0. The second-order valence-corrected chi connectivity index (χ2v) is 10.7. The lowest BCUT2D eigenvalue weighted by Gasteiger charge is -2.23. The third kappa shape index (κ3) is 7.15. The molecule has 1 unspecified atom stereocenters. The lowest BCUT2D eigenvalue weighted by Crippen LogP contribution is -2.20. The Bertz CT molecular complexity index is 939. The number of rotatable bonds is 11. The molecule has 0 radical (unpaired) electrons. The van der Waals surface area contributed by atoms with E-state index in [4.69, 9.17) is 9.47 Å². The topological polar surface area (TPSA) is 55.8 Å². The van der Waals surface area contributed by atoms with E-state index in [1.807, 2.05) is 13.8 Å². The quantitative estimate of drug-likeness (QED) is 0.199. The van der Waals surface area contributed by atoms with Crippen molar-refractivity contribution in [1.82, 2.24) is 0 Å². The molecule has 6 atom stereocenters. The lowest BCUT2D eigenvalue weighted by molar-refractivity contribution is -0.147. The molecule has 1 aromatic carbocycles. The van der Waals surface area contributed by atoms with E-state index in [2.05, 4.69) is 32.1 Å². The van der Waals surface area contributed by atoms with Crippen LogP contribution in [0.25, 0.3) is 0 Å².